The topological polar surface area (TPSA) is 35.5 Å². The van der Waals surface area contributed by atoms with Crippen molar-refractivity contribution >= 4 is 23.6 Å². The molecule has 4 heteroatoms. The molecule has 0 radical (unpaired) electrons. The third-order valence-corrected chi connectivity index (χ3v) is 2.34. The van der Waals surface area contributed by atoms with Gasteiger partial charge in [-0.3, -0.25) is 0 Å². The number of carbonyl (C=O) groups excluding carboxylic acids is 1. The summed E-state index contributed by atoms with van der Waals surface area (Å²) in [6.45, 7) is 2.14. The van der Waals surface area contributed by atoms with Crippen LogP contribution in [0.4, 0.5) is 0 Å². The van der Waals surface area contributed by atoms with Crippen LogP contribution in [-0.4, -0.2) is 19.7 Å². The lowest BCUT2D eigenvalue weighted by Crippen LogP contribution is -1.98. The van der Waals surface area contributed by atoms with Gasteiger partial charge in [0.1, 0.15) is 5.75 Å². The quantitative estimate of drug-likeness (QED) is 0.465. The van der Waals surface area contributed by atoms with Crippen molar-refractivity contribution in [2.45, 2.75) is 6.92 Å². The van der Waals surface area contributed by atoms with Crippen LogP contribution in [0.2, 0.25) is 5.02 Å². The molecule has 0 aliphatic rings. The Bertz CT molecular complexity index is 464. The number of hydrogen-bond acceptors (Lipinski definition) is 3. The number of carbonyl (C=O) groups is 1. The predicted octanol–water partition coefficient (Wildman–Crippen LogP) is 3.48. The van der Waals surface area contributed by atoms with Crippen molar-refractivity contribution < 1.29 is 14.3 Å². The van der Waals surface area contributed by atoms with E-state index >= 15 is 0 Å². The van der Waals surface area contributed by atoms with Crippen LogP contribution in [0.1, 0.15) is 12.5 Å². The average Bonchev–Trinajstić information content (AvgIpc) is 2.36. The molecule has 0 bridgehead atoms. The normalized spacial score (nSPS) is 11.1. The average molecular weight is 267 g/mol. The molecule has 0 N–H and O–H groups in total. The highest BCUT2D eigenvalue weighted by Crippen LogP contribution is 2.24. The Labute approximate surface area is 112 Å². The summed E-state index contributed by atoms with van der Waals surface area (Å²) >= 11 is 5.85. The van der Waals surface area contributed by atoms with E-state index in [0.717, 1.165) is 5.56 Å². The minimum Gasteiger partial charge on any atom is -0.496 e. The first-order valence-electron chi connectivity index (χ1n) is 5.52. The maximum Gasteiger partial charge on any atom is 0.330 e. The van der Waals surface area contributed by atoms with E-state index in [2.05, 4.69) is 0 Å². The van der Waals surface area contributed by atoms with Gasteiger partial charge >= 0.3 is 5.97 Å². The molecule has 0 unspecified atom stereocenters. The molecule has 1 aromatic carbocycles. The fourth-order valence-corrected chi connectivity index (χ4v) is 1.47. The van der Waals surface area contributed by atoms with Gasteiger partial charge in [-0.25, -0.2) is 4.79 Å². The monoisotopic (exact) mass is 266 g/mol. The Morgan fingerprint density at radius 3 is 2.83 bits per heavy atom. The van der Waals surface area contributed by atoms with Crippen LogP contribution in [0.25, 0.3) is 6.08 Å². The van der Waals surface area contributed by atoms with Crippen LogP contribution >= 0.6 is 11.6 Å². The minimum absolute atomic E-state index is 0.356. The molecule has 0 amide bonds. The van der Waals surface area contributed by atoms with Gasteiger partial charge in [0.15, 0.2) is 0 Å². The van der Waals surface area contributed by atoms with E-state index in [1.165, 1.54) is 6.08 Å². The van der Waals surface area contributed by atoms with Crippen LogP contribution in [0.5, 0.6) is 5.75 Å². The number of hydrogen-bond donors (Lipinski definition) is 0. The van der Waals surface area contributed by atoms with Crippen molar-refractivity contribution in [2.75, 3.05) is 13.7 Å². The SMILES string of the molecule is CCOC(=O)/C=C/C=C/c1ccc(Cl)cc1OC. The van der Waals surface area contributed by atoms with Gasteiger partial charge in [-0.05, 0) is 25.1 Å². The number of halogens is 1. The summed E-state index contributed by atoms with van der Waals surface area (Å²) in [6.07, 6.45) is 6.54. The number of rotatable bonds is 5. The van der Waals surface area contributed by atoms with E-state index in [9.17, 15) is 4.79 Å². The van der Waals surface area contributed by atoms with E-state index < -0.39 is 0 Å². The molecule has 0 saturated heterocycles. The molecule has 0 spiro atoms. The zero-order chi connectivity index (χ0) is 13.4. The fourth-order valence-electron chi connectivity index (χ4n) is 1.31. The lowest BCUT2D eigenvalue weighted by Gasteiger charge is -2.04. The standard InChI is InChI=1S/C14H15ClO3/c1-3-18-14(16)7-5-4-6-11-8-9-12(15)10-13(11)17-2/h4-10H,3H2,1-2H3/b6-4+,7-5+. The smallest absolute Gasteiger partial charge is 0.330 e. The van der Waals surface area contributed by atoms with Gasteiger partial charge in [0, 0.05) is 16.7 Å². The number of ether oxygens (including phenoxy) is 2. The molecule has 0 aromatic heterocycles. The molecular weight excluding hydrogens is 252 g/mol. The number of benzene rings is 1. The largest absolute Gasteiger partial charge is 0.496 e. The van der Waals surface area contributed by atoms with Gasteiger partial charge in [-0.1, -0.05) is 29.8 Å². The number of allylic oxidation sites excluding steroid dienone is 2. The lowest BCUT2D eigenvalue weighted by atomic mass is 10.2. The summed E-state index contributed by atoms with van der Waals surface area (Å²) in [5.74, 6) is 0.327. The third-order valence-electron chi connectivity index (χ3n) is 2.10. The summed E-state index contributed by atoms with van der Waals surface area (Å²) < 4.78 is 9.94. The minimum atomic E-state index is -0.356. The highest BCUT2D eigenvalue weighted by Gasteiger charge is 1.99. The first kappa shape index (κ1) is 14.3. The molecule has 0 saturated carbocycles. The molecule has 1 aromatic rings. The second-order valence-corrected chi connectivity index (χ2v) is 3.79. The molecule has 3 nitrogen and oxygen atoms in total. The highest BCUT2D eigenvalue weighted by atomic mass is 35.5. The zero-order valence-corrected chi connectivity index (χ0v) is 11.1. The Balaban J connectivity index is 2.70. The Kier molecular flexibility index (Phi) is 6.01. The van der Waals surface area contributed by atoms with Gasteiger partial charge in [0.25, 0.3) is 0 Å². The van der Waals surface area contributed by atoms with Crippen molar-refractivity contribution in [3.8, 4) is 5.75 Å². The summed E-state index contributed by atoms with van der Waals surface area (Å²) in [5, 5.41) is 0.617. The number of methoxy groups -OCH3 is 1. The first-order valence-corrected chi connectivity index (χ1v) is 5.90. The van der Waals surface area contributed by atoms with Crippen molar-refractivity contribution in [3.05, 3.63) is 47.0 Å². The third kappa shape index (κ3) is 4.63. The summed E-state index contributed by atoms with van der Waals surface area (Å²) in [4.78, 5) is 11.0. The molecule has 0 atom stereocenters. The maximum absolute atomic E-state index is 11.0. The lowest BCUT2D eigenvalue weighted by molar-refractivity contribution is -0.137. The van der Waals surface area contributed by atoms with Crippen molar-refractivity contribution in [1.29, 1.82) is 0 Å². The van der Waals surface area contributed by atoms with E-state index in [1.807, 2.05) is 12.1 Å². The molecule has 0 fully saturated rings. The van der Waals surface area contributed by atoms with Crippen LogP contribution in [0.15, 0.2) is 36.4 Å². The summed E-state index contributed by atoms with van der Waals surface area (Å²) in [7, 11) is 1.58. The molecule has 96 valence electrons. The van der Waals surface area contributed by atoms with Gasteiger partial charge in [0.05, 0.1) is 13.7 Å². The van der Waals surface area contributed by atoms with Crippen molar-refractivity contribution in [2.24, 2.45) is 0 Å². The summed E-state index contributed by atoms with van der Waals surface area (Å²) in [6, 6.07) is 5.35. The van der Waals surface area contributed by atoms with Gasteiger partial charge in [-0.15, -0.1) is 0 Å². The van der Waals surface area contributed by atoms with Gasteiger partial charge in [0.2, 0.25) is 0 Å². The predicted molar refractivity (Wildman–Crippen MR) is 72.8 cm³/mol. The van der Waals surface area contributed by atoms with Crippen LogP contribution < -0.4 is 4.74 Å². The van der Waals surface area contributed by atoms with Crippen molar-refractivity contribution in [3.63, 3.8) is 0 Å². The molecule has 0 aliphatic heterocycles. The van der Waals surface area contributed by atoms with Crippen LogP contribution in [0.3, 0.4) is 0 Å². The molecule has 1 rings (SSSR count). The highest BCUT2D eigenvalue weighted by molar-refractivity contribution is 6.30. The van der Waals surface area contributed by atoms with Crippen LogP contribution in [-0.2, 0) is 9.53 Å². The van der Waals surface area contributed by atoms with Crippen LogP contribution in [0, 0.1) is 0 Å². The maximum atomic E-state index is 11.0. The van der Waals surface area contributed by atoms with E-state index in [0.29, 0.717) is 17.4 Å². The first-order chi connectivity index (χ1) is 8.67. The molecular formula is C14H15ClO3. The number of esters is 1. The van der Waals surface area contributed by atoms with E-state index in [-0.39, 0.29) is 5.97 Å². The van der Waals surface area contributed by atoms with E-state index in [4.69, 9.17) is 21.1 Å². The van der Waals surface area contributed by atoms with Gasteiger partial charge in [-0.2, -0.15) is 0 Å². The van der Waals surface area contributed by atoms with Gasteiger partial charge < -0.3 is 9.47 Å². The van der Waals surface area contributed by atoms with E-state index in [1.54, 1.807) is 38.3 Å². The molecule has 18 heavy (non-hydrogen) atoms. The Morgan fingerprint density at radius 2 is 2.17 bits per heavy atom. The Morgan fingerprint density at radius 1 is 1.39 bits per heavy atom. The molecule has 0 aliphatic carbocycles. The second kappa shape index (κ2) is 7.56. The van der Waals surface area contributed by atoms with Crippen molar-refractivity contribution in [1.82, 2.24) is 0 Å². The summed E-state index contributed by atoms with van der Waals surface area (Å²) in [5.41, 5.74) is 0.885. The second-order valence-electron chi connectivity index (χ2n) is 3.36. The molecule has 0 heterocycles. The fraction of sp³-hybridized carbons (Fsp3) is 0.214. The Hall–Kier alpha value is -1.74. The zero-order valence-electron chi connectivity index (χ0n) is 10.4.